The molecular formula is C15H3F26IN2. The Kier molecular flexibility index (Phi) is 10.1. The molecule has 0 aliphatic rings. The molecule has 0 aromatic carbocycles. The fourth-order valence-corrected chi connectivity index (χ4v) is 2.86. The number of hydrogen-bond acceptors (Lipinski definition) is 0. The van der Waals surface area contributed by atoms with Crippen molar-refractivity contribution >= 4 is 0 Å². The van der Waals surface area contributed by atoms with Gasteiger partial charge in [-0.2, -0.15) is 123 Å². The molecule has 2 unspecified atom stereocenters. The number of imidazole rings is 1. The van der Waals surface area contributed by atoms with Gasteiger partial charge in [-0.25, -0.2) is 0 Å². The van der Waals surface area contributed by atoms with Crippen LogP contribution in [0, 0.1) is 0 Å². The highest BCUT2D eigenvalue weighted by molar-refractivity contribution is 5.11. The van der Waals surface area contributed by atoms with Gasteiger partial charge in [0.2, 0.25) is 6.33 Å². The minimum Gasteiger partial charge on any atom is -1.00 e. The quantitative estimate of drug-likeness (QED) is 0.197. The molecule has 1 aromatic rings. The third kappa shape index (κ3) is 5.16. The molecule has 0 saturated heterocycles. The maximum absolute atomic E-state index is 14.7. The zero-order chi connectivity index (χ0) is 35.3. The first-order valence-corrected chi connectivity index (χ1v) is 9.23. The Morgan fingerprint density at radius 3 is 0.955 bits per heavy atom. The highest BCUT2D eigenvalue weighted by Crippen LogP contribution is 2.63. The smallest absolute Gasteiger partial charge is 0.471 e. The van der Waals surface area contributed by atoms with Crippen molar-refractivity contribution in [1.29, 1.82) is 0 Å². The number of aromatic nitrogens is 2. The summed E-state index contributed by atoms with van der Waals surface area (Å²) >= 11 is 0. The molecule has 1 rings (SSSR count). The van der Waals surface area contributed by atoms with Gasteiger partial charge in [-0.05, 0) is 0 Å². The van der Waals surface area contributed by atoms with E-state index in [2.05, 4.69) is 0 Å². The van der Waals surface area contributed by atoms with Crippen molar-refractivity contribution in [1.82, 2.24) is 4.57 Å². The van der Waals surface area contributed by atoms with Crippen molar-refractivity contribution in [2.24, 2.45) is 0 Å². The Morgan fingerprint density at radius 2 is 0.682 bits per heavy atom. The molecule has 2 atom stereocenters. The van der Waals surface area contributed by atoms with E-state index in [1.807, 2.05) is 0 Å². The molecule has 0 N–H and O–H groups in total. The summed E-state index contributed by atoms with van der Waals surface area (Å²) in [5, 5.41) is 0. The molecule has 1 heterocycles. The Balaban J connectivity index is 0.0000185. The molecule has 0 spiro atoms. The summed E-state index contributed by atoms with van der Waals surface area (Å²) in [6.07, 6.45) is -38.1. The summed E-state index contributed by atoms with van der Waals surface area (Å²) in [6, 6.07) is 0. The van der Waals surface area contributed by atoms with E-state index in [-0.39, 0.29) is 24.0 Å². The number of hydrogen-bond donors (Lipinski definition) is 0. The van der Waals surface area contributed by atoms with Crippen LogP contribution in [0.3, 0.4) is 0 Å². The molecule has 44 heavy (non-hydrogen) atoms. The summed E-state index contributed by atoms with van der Waals surface area (Å²) in [5.74, 6) is -67.6. The molecule has 0 amide bonds. The summed E-state index contributed by atoms with van der Waals surface area (Å²) in [7, 11) is 0. The van der Waals surface area contributed by atoms with Crippen LogP contribution in [0.1, 0.15) is 0 Å². The molecule has 0 aliphatic carbocycles. The van der Waals surface area contributed by atoms with Crippen LogP contribution in [0.5, 0.6) is 0 Å². The SMILES string of the molecule is FC(F)(F)C(F)(F)C(F)(F)C(F)(F)C(F)(n1cc[n+](C(F)(C(F)(F)F)C(F)(F)C(F)(F)C(F)(F)C(F)(F)F)c1)C(F)(F)F.[I-]. The Hall–Kier alpha value is -1.88. The van der Waals surface area contributed by atoms with Gasteiger partial charge >= 0.3 is 71.8 Å². The third-order valence-corrected chi connectivity index (χ3v) is 5.22. The number of nitrogens with zero attached hydrogens (tertiary/aromatic N) is 2. The van der Waals surface area contributed by atoms with Crippen LogP contribution in [0.4, 0.5) is 114 Å². The monoisotopic (exact) mass is 832 g/mol. The predicted octanol–water partition coefficient (Wildman–Crippen LogP) is 5.09. The van der Waals surface area contributed by atoms with E-state index in [9.17, 15) is 114 Å². The lowest BCUT2D eigenvalue weighted by Crippen LogP contribution is -3.00. The van der Waals surface area contributed by atoms with E-state index in [0.717, 1.165) is 0 Å². The zero-order valence-electron chi connectivity index (χ0n) is 18.8. The van der Waals surface area contributed by atoms with E-state index in [0.29, 0.717) is 0 Å². The Labute approximate surface area is 238 Å². The second kappa shape index (κ2) is 10.6. The maximum atomic E-state index is 14.7. The van der Waals surface area contributed by atoms with Gasteiger partial charge in [0.1, 0.15) is 12.4 Å². The minimum absolute atomic E-state index is 0. The van der Waals surface area contributed by atoms with Gasteiger partial charge in [-0.15, -0.1) is 0 Å². The van der Waals surface area contributed by atoms with Gasteiger partial charge in [-0.3, -0.25) is 0 Å². The summed E-state index contributed by atoms with van der Waals surface area (Å²) in [6.45, 7) is 0. The molecule has 0 saturated carbocycles. The summed E-state index contributed by atoms with van der Waals surface area (Å²) in [5.41, 5.74) is 0. The zero-order valence-corrected chi connectivity index (χ0v) is 21.0. The van der Waals surface area contributed by atoms with Crippen LogP contribution in [-0.4, -0.2) is 64.8 Å². The van der Waals surface area contributed by atoms with Crippen LogP contribution in [0.15, 0.2) is 18.7 Å². The molecule has 1 aromatic heterocycles. The summed E-state index contributed by atoms with van der Waals surface area (Å²) < 4.78 is 339. The normalized spacial score (nSPS) is 18.4. The maximum Gasteiger partial charge on any atom is 0.471 e. The first kappa shape index (κ1) is 42.1. The van der Waals surface area contributed by atoms with E-state index >= 15 is 0 Å². The fourth-order valence-electron chi connectivity index (χ4n) is 2.86. The topological polar surface area (TPSA) is 8.81 Å². The number of halogens is 27. The molecule has 29 heteroatoms. The molecule has 0 bridgehead atoms. The van der Waals surface area contributed by atoms with Crippen molar-refractivity contribution in [3.8, 4) is 0 Å². The van der Waals surface area contributed by atoms with Gasteiger partial charge < -0.3 is 24.0 Å². The second-order valence-electron chi connectivity index (χ2n) is 7.91. The first-order chi connectivity index (χ1) is 18.2. The van der Waals surface area contributed by atoms with Gasteiger partial charge in [-0.1, -0.05) is 0 Å². The number of rotatable bonds is 8. The fraction of sp³-hybridized carbons (Fsp3) is 0.800. The molecular weight excluding hydrogens is 829 g/mol. The van der Waals surface area contributed by atoms with Gasteiger partial charge in [0.15, 0.2) is 0 Å². The molecule has 2 nitrogen and oxygen atoms in total. The Morgan fingerprint density at radius 1 is 0.364 bits per heavy atom. The largest absolute Gasteiger partial charge is 1.00 e. The van der Waals surface area contributed by atoms with Gasteiger partial charge in [0.05, 0.1) is 0 Å². The van der Waals surface area contributed by atoms with Gasteiger partial charge in [0, 0.05) is 0 Å². The van der Waals surface area contributed by atoms with Crippen LogP contribution in [0.25, 0.3) is 0 Å². The van der Waals surface area contributed by atoms with Crippen LogP contribution in [0.2, 0.25) is 0 Å². The molecule has 0 fully saturated rings. The standard InChI is InChI=1S/C15H3F26N2.HI/c16-4(17,8(24,25)12(30,31)32)6(20,21)10(28,14(36,37)38)42-1-2-43(3-42)11(29,15(39,40)41)7(22,23)5(18,19)9(26,27)13(33,34)35;/h1-3H;1H/q+1;/p-1. The lowest BCUT2D eigenvalue weighted by atomic mass is 9.94. The van der Waals surface area contributed by atoms with Crippen LogP contribution in [-0.2, 0) is 11.6 Å². The molecule has 0 radical (unpaired) electrons. The first-order valence-electron chi connectivity index (χ1n) is 9.23. The molecule has 0 aliphatic heterocycles. The van der Waals surface area contributed by atoms with Crippen LogP contribution < -0.4 is 28.5 Å². The third-order valence-electron chi connectivity index (χ3n) is 5.22. The highest BCUT2D eigenvalue weighted by Gasteiger charge is 2.95. The lowest BCUT2D eigenvalue weighted by molar-refractivity contribution is -0.846. The van der Waals surface area contributed by atoms with Crippen LogP contribution >= 0.6 is 0 Å². The average molecular weight is 832 g/mol. The minimum atomic E-state index is -8.68. The van der Waals surface area contributed by atoms with E-state index < -0.39 is 99.7 Å². The van der Waals surface area contributed by atoms with Crippen molar-refractivity contribution < 1.29 is 143 Å². The average Bonchev–Trinajstić information content (AvgIpc) is 3.24. The van der Waals surface area contributed by atoms with Crippen molar-refractivity contribution in [3.63, 3.8) is 0 Å². The van der Waals surface area contributed by atoms with Crippen molar-refractivity contribution in [3.05, 3.63) is 18.7 Å². The Bertz CT molecular complexity index is 1080. The lowest BCUT2D eigenvalue weighted by Gasteiger charge is -2.40. The second-order valence-corrected chi connectivity index (χ2v) is 7.91. The van der Waals surface area contributed by atoms with Crippen molar-refractivity contribution in [2.45, 2.75) is 71.8 Å². The van der Waals surface area contributed by atoms with E-state index in [1.165, 1.54) is 0 Å². The van der Waals surface area contributed by atoms with Gasteiger partial charge in [0.25, 0.3) is 0 Å². The van der Waals surface area contributed by atoms with E-state index in [1.54, 1.807) is 0 Å². The summed E-state index contributed by atoms with van der Waals surface area (Å²) in [4.78, 5) is 0. The van der Waals surface area contributed by atoms with E-state index in [4.69, 9.17) is 0 Å². The number of alkyl halides is 26. The molecule has 262 valence electrons. The highest BCUT2D eigenvalue weighted by atomic mass is 127. The van der Waals surface area contributed by atoms with Crippen molar-refractivity contribution in [2.75, 3.05) is 0 Å². The predicted molar refractivity (Wildman–Crippen MR) is 76.7 cm³/mol.